The number of piperidine rings is 1. The van der Waals surface area contributed by atoms with Crippen LogP contribution in [0.25, 0.3) is 11.0 Å². The summed E-state index contributed by atoms with van der Waals surface area (Å²) in [5.41, 5.74) is 1.33. The second kappa shape index (κ2) is 6.82. The molecule has 2 fully saturated rings. The van der Waals surface area contributed by atoms with Crippen LogP contribution in [0.15, 0.2) is 12.1 Å². The van der Waals surface area contributed by atoms with Gasteiger partial charge in [0.2, 0.25) is 5.91 Å². The normalized spacial score (nSPS) is 20.4. The summed E-state index contributed by atoms with van der Waals surface area (Å²) in [4.78, 5) is 22.0. The number of hydrogen-bond donors (Lipinski definition) is 2. The van der Waals surface area contributed by atoms with E-state index >= 15 is 0 Å². The molecule has 5 nitrogen and oxygen atoms in total. The first-order valence-corrected chi connectivity index (χ1v) is 9.65. The third-order valence-electron chi connectivity index (χ3n) is 5.55. The van der Waals surface area contributed by atoms with Crippen LogP contribution >= 0.6 is 11.6 Å². The van der Waals surface area contributed by atoms with Crippen LogP contribution in [0.1, 0.15) is 38.4 Å². The number of H-pyrrole nitrogens is 1. The highest BCUT2D eigenvalue weighted by molar-refractivity contribution is 6.34. The van der Waals surface area contributed by atoms with E-state index in [0.29, 0.717) is 28.5 Å². The molecule has 26 heavy (non-hydrogen) atoms. The maximum absolute atomic E-state index is 13.4. The molecule has 0 radical (unpaired) electrons. The van der Waals surface area contributed by atoms with Gasteiger partial charge in [0, 0.05) is 12.0 Å². The zero-order chi connectivity index (χ0) is 18.3. The summed E-state index contributed by atoms with van der Waals surface area (Å²) in [5, 5.41) is 3.46. The molecule has 140 valence electrons. The number of rotatable bonds is 5. The number of nitrogens with zero attached hydrogens (tertiary/aromatic N) is 2. The maximum Gasteiger partial charge on any atom is 0.234 e. The number of halogens is 2. The molecule has 2 aromatic rings. The van der Waals surface area contributed by atoms with Crippen LogP contribution < -0.4 is 5.32 Å². The molecule has 1 saturated carbocycles. The number of carbonyl (C=O) groups excluding carboxylic acids is 1. The van der Waals surface area contributed by atoms with Gasteiger partial charge in [0.25, 0.3) is 0 Å². The second-order valence-corrected chi connectivity index (χ2v) is 8.41. The van der Waals surface area contributed by atoms with Crippen LogP contribution in [0.5, 0.6) is 0 Å². The van der Waals surface area contributed by atoms with Crippen molar-refractivity contribution in [1.82, 2.24) is 20.2 Å². The van der Waals surface area contributed by atoms with Crippen molar-refractivity contribution >= 4 is 28.5 Å². The Morgan fingerprint density at radius 3 is 2.85 bits per heavy atom. The van der Waals surface area contributed by atoms with Gasteiger partial charge in [-0.15, -0.1) is 0 Å². The van der Waals surface area contributed by atoms with Gasteiger partial charge < -0.3 is 10.3 Å². The van der Waals surface area contributed by atoms with E-state index in [2.05, 4.69) is 27.1 Å². The fraction of sp³-hybridized carbons (Fsp3) is 0.579. The molecular weight excluding hydrogens is 355 g/mol. The van der Waals surface area contributed by atoms with Crippen molar-refractivity contribution in [3.05, 3.63) is 28.8 Å². The number of nitrogens with one attached hydrogen (secondary N) is 2. The van der Waals surface area contributed by atoms with Crippen LogP contribution in [0.3, 0.4) is 0 Å². The molecule has 1 saturated heterocycles. The molecule has 2 N–H and O–H groups in total. The van der Waals surface area contributed by atoms with E-state index in [4.69, 9.17) is 11.6 Å². The minimum Gasteiger partial charge on any atom is -0.350 e. The van der Waals surface area contributed by atoms with Crippen LogP contribution in [-0.4, -0.2) is 45.9 Å². The number of amides is 1. The Balaban J connectivity index is 1.30. The smallest absolute Gasteiger partial charge is 0.234 e. The van der Waals surface area contributed by atoms with E-state index in [1.807, 2.05) is 0 Å². The lowest BCUT2D eigenvalue weighted by atomic mass is 9.93. The molecule has 1 aromatic heterocycles. The molecule has 0 bridgehead atoms. The number of benzene rings is 1. The van der Waals surface area contributed by atoms with Crippen LogP contribution in [0.2, 0.25) is 5.02 Å². The zero-order valence-corrected chi connectivity index (χ0v) is 15.7. The van der Waals surface area contributed by atoms with Crippen molar-refractivity contribution in [3.63, 3.8) is 0 Å². The zero-order valence-electron chi connectivity index (χ0n) is 14.9. The van der Waals surface area contributed by atoms with Gasteiger partial charge >= 0.3 is 0 Å². The number of imidazole rings is 1. The van der Waals surface area contributed by atoms with Crippen molar-refractivity contribution in [2.45, 2.75) is 44.6 Å². The quantitative estimate of drug-likeness (QED) is 0.839. The summed E-state index contributed by atoms with van der Waals surface area (Å²) in [6.45, 7) is 4.43. The summed E-state index contributed by atoms with van der Waals surface area (Å²) in [5.74, 6) is 1.14. The second-order valence-electron chi connectivity index (χ2n) is 8.00. The van der Waals surface area contributed by atoms with Gasteiger partial charge in [0.15, 0.2) is 0 Å². The van der Waals surface area contributed by atoms with Crippen molar-refractivity contribution in [1.29, 1.82) is 0 Å². The highest BCUT2D eigenvalue weighted by atomic mass is 35.5. The molecule has 2 heterocycles. The number of carbonyl (C=O) groups is 1. The van der Waals surface area contributed by atoms with E-state index in [-0.39, 0.29) is 17.3 Å². The SMILES string of the molecule is CC1(NC(=O)CN2CCC(Cc3nc4c(Cl)cc(F)cc4[nH]3)CC2)CC1. The molecule has 1 amide bonds. The number of likely N-dealkylation sites (tertiary alicyclic amines) is 1. The van der Waals surface area contributed by atoms with Crippen LogP contribution in [0, 0.1) is 11.7 Å². The highest BCUT2D eigenvalue weighted by Crippen LogP contribution is 2.34. The Morgan fingerprint density at radius 2 is 2.15 bits per heavy atom. The summed E-state index contributed by atoms with van der Waals surface area (Å²) >= 11 is 6.07. The third-order valence-corrected chi connectivity index (χ3v) is 5.84. The molecule has 2 aliphatic rings. The average Bonchev–Trinajstić information content (AvgIpc) is 3.14. The fourth-order valence-corrected chi connectivity index (χ4v) is 3.95. The van der Waals surface area contributed by atoms with E-state index in [1.165, 1.54) is 12.1 Å². The maximum atomic E-state index is 13.4. The first-order chi connectivity index (χ1) is 12.4. The fourth-order valence-electron chi connectivity index (χ4n) is 3.70. The summed E-state index contributed by atoms with van der Waals surface area (Å²) < 4.78 is 13.4. The van der Waals surface area contributed by atoms with Crippen molar-refractivity contribution in [2.24, 2.45) is 5.92 Å². The average molecular weight is 379 g/mol. The van der Waals surface area contributed by atoms with Crippen LogP contribution in [-0.2, 0) is 11.2 Å². The summed E-state index contributed by atoms with van der Waals surface area (Å²) in [7, 11) is 0. The van der Waals surface area contributed by atoms with E-state index in [1.54, 1.807) is 0 Å². The Labute approximate surface area is 157 Å². The minimum atomic E-state index is -0.357. The Bertz CT molecular complexity index is 824. The molecular formula is C19H24ClFN4O. The molecule has 1 aliphatic carbocycles. The molecule has 7 heteroatoms. The molecule has 1 aromatic carbocycles. The Hall–Kier alpha value is -1.66. The summed E-state index contributed by atoms with van der Waals surface area (Å²) in [6, 6.07) is 2.72. The Morgan fingerprint density at radius 1 is 1.42 bits per heavy atom. The van der Waals surface area contributed by atoms with Crippen molar-refractivity contribution in [2.75, 3.05) is 19.6 Å². The van der Waals surface area contributed by atoms with E-state index in [9.17, 15) is 9.18 Å². The molecule has 1 aliphatic heterocycles. The lowest BCUT2D eigenvalue weighted by Crippen LogP contribution is -2.44. The first-order valence-electron chi connectivity index (χ1n) is 9.27. The van der Waals surface area contributed by atoms with E-state index in [0.717, 1.165) is 51.0 Å². The van der Waals surface area contributed by atoms with Crippen LogP contribution in [0.4, 0.5) is 4.39 Å². The van der Waals surface area contributed by atoms with E-state index < -0.39 is 0 Å². The lowest BCUT2D eigenvalue weighted by molar-refractivity contribution is -0.123. The topological polar surface area (TPSA) is 61.0 Å². The van der Waals surface area contributed by atoms with Gasteiger partial charge in [-0.1, -0.05) is 11.6 Å². The standard InChI is InChI=1S/C19H24ClFN4O/c1-19(4-5-19)24-17(26)11-25-6-2-12(3-7-25)8-16-22-15-10-13(21)9-14(20)18(15)23-16/h9-10,12H,2-8,11H2,1H3,(H,22,23)(H,24,26). The van der Waals surface area contributed by atoms with Gasteiger partial charge in [0.05, 0.1) is 17.1 Å². The highest BCUT2D eigenvalue weighted by Gasteiger charge is 2.38. The first kappa shape index (κ1) is 17.7. The molecule has 0 atom stereocenters. The number of aromatic nitrogens is 2. The molecule has 0 unspecified atom stereocenters. The van der Waals surface area contributed by atoms with Gasteiger partial charge in [-0.3, -0.25) is 9.69 Å². The minimum absolute atomic E-state index is 0.0530. The largest absolute Gasteiger partial charge is 0.350 e. The third kappa shape index (κ3) is 4.01. The predicted molar refractivity (Wildman–Crippen MR) is 99.7 cm³/mol. The van der Waals surface area contributed by atoms with Crippen molar-refractivity contribution < 1.29 is 9.18 Å². The van der Waals surface area contributed by atoms with Gasteiger partial charge in [0.1, 0.15) is 17.2 Å². The van der Waals surface area contributed by atoms with Gasteiger partial charge in [-0.05, 0) is 63.7 Å². The van der Waals surface area contributed by atoms with Gasteiger partial charge in [-0.25, -0.2) is 9.37 Å². The number of fused-ring (bicyclic) bond motifs is 1. The molecule has 4 rings (SSSR count). The Kier molecular flexibility index (Phi) is 4.65. The van der Waals surface area contributed by atoms with Crippen molar-refractivity contribution in [3.8, 4) is 0 Å². The number of hydrogen-bond acceptors (Lipinski definition) is 3. The lowest BCUT2D eigenvalue weighted by Gasteiger charge is -2.31. The predicted octanol–water partition coefficient (Wildman–Crippen LogP) is 3.28. The van der Waals surface area contributed by atoms with Gasteiger partial charge in [-0.2, -0.15) is 0 Å². The molecule has 0 spiro atoms. The number of aromatic amines is 1. The monoisotopic (exact) mass is 378 g/mol. The summed E-state index contributed by atoms with van der Waals surface area (Å²) in [6.07, 6.45) is 5.07.